The number of aliphatic imine (C=N–C) groups is 2. The Bertz CT molecular complexity index is 438. The monoisotopic (exact) mass is 292 g/mol. The van der Waals surface area contributed by atoms with Crippen LogP contribution in [0.4, 0.5) is 0 Å². The minimum absolute atomic E-state index is 0.0548. The van der Waals surface area contributed by atoms with Crippen molar-refractivity contribution in [3.8, 4) is 0 Å². The van der Waals surface area contributed by atoms with Gasteiger partial charge in [0.2, 0.25) is 11.8 Å². The van der Waals surface area contributed by atoms with Crippen LogP contribution < -0.4 is 0 Å². The molecule has 1 heterocycles. The van der Waals surface area contributed by atoms with Crippen LogP contribution in [0.5, 0.6) is 0 Å². The lowest BCUT2D eigenvalue weighted by atomic mass is 9.54. The molecule has 3 unspecified atom stereocenters. The Morgan fingerprint density at radius 2 is 1.67 bits per heavy atom. The van der Waals surface area contributed by atoms with Gasteiger partial charge in [0.15, 0.2) is 0 Å². The van der Waals surface area contributed by atoms with Crippen LogP contribution in [-0.2, 0) is 9.47 Å². The summed E-state index contributed by atoms with van der Waals surface area (Å²) in [7, 11) is 3.42. The molecule has 3 atom stereocenters. The molecule has 0 amide bonds. The lowest BCUT2D eigenvalue weighted by Crippen LogP contribution is -2.50. The van der Waals surface area contributed by atoms with Crippen molar-refractivity contribution in [3.05, 3.63) is 0 Å². The van der Waals surface area contributed by atoms with Gasteiger partial charge < -0.3 is 9.47 Å². The van der Waals surface area contributed by atoms with Crippen molar-refractivity contribution in [2.45, 2.75) is 52.0 Å². The Morgan fingerprint density at radius 1 is 1.00 bits per heavy atom. The van der Waals surface area contributed by atoms with Gasteiger partial charge in [0.05, 0.1) is 14.2 Å². The van der Waals surface area contributed by atoms with E-state index in [9.17, 15) is 0 Å². The summed E-state index contributed by atoms with van der Waals surface area (Å²) >= 11 is 0. The van der Waals surface area contributed by atoms with Crippen molar-refractivity contribution < 1.29 is 9.47 Å². The van der Waals surface area contributed by atoms with Crippen LogP contribution in [0.2, 0.25) is 0 Å². The van der Waals surface area contributed by atoms with Crippen LogP contribution >= 0.6 is 0 Å². The summed E-state index contributed by atoms with van der Waals surface area (Å²) in [4.78, 5) is 9.48. The molecule has 3 rings (SSSR count). The van der Waals surface area contributed by atoms with Crippen LogP contribution in [0.15, 0.2) is 9.98 Å². The summed E-state index contributed by atoms with van der Waals surface area (Å²) in [6.45, 7) is 5.30. The summed E-state index contributed by atoms with van der Waals surface area (Å²) in [6.07, 6.45) is 6.50. The predicted molar refractivity (Wildman–Crippen MR) is 84.9 cm³/mol. The van der Waals surface area contributed by atoms with E-state index in [1.165, 1.54) is 32.1 Å². The summed E-state index contributed by atoms with van der Waals surface area (Å²) in [5, 5.41) is 0. The molecule has 1 aliphatic heterocycles. The average molecular weight is 292 g/mol. The van der Waals surface area contributed by atoms with Gasteiger partial charge in [0.25, 0.3) is 0 Å². The molecule has 2 fully saturated rings. The van der Waals surface area contributed by atoms with Crippen molar-refractivity contribution in [2.75, 3.05) is 20.8 Å². The standard InChI is InChI=1S/C17H28N2O2/c1-11-5-13-6-12(2)8-17(7-11,9-13)15-16(21-4)18-10-14(19-15)20-3/h11-13,15H,5-10H2,1-4H3. The molecule has 3 aliphatic rings. The number of methoxy groups -OCH3 is 2. The molecule has 0 aromatic carbocycles. The van der Waals surface area contributed by atoms with Gasteiger partial charge in [-0.3, -0.25) is 0 Å². The zero-order valence-electron chi connectivity index (χ0n) is 13.8. The fourth-order valence-electron chi connectivity index (χ4n) is 5.28. The average Bonchev–Trinajstić information content (AvgIpc) is 2.44. The SMILES string of the molecule is COC1=NC(C23CC(C)CC(CC(C)C2)C3)C(OC)=NC1. The molecule has 21 heavy (non-hydrogen) atoms. The van der Waals surface area contributed by atoms with Crippen LogP contribution in [0.1, 0.15) is 46.0 Å². The fourth-order valence-corrected chi connectivity index (χ4v) is 5.28. The molecule has 0 saturated heterocycles. The molecule has 2 saturated carbocycles. The molecule has 118 valence electrons. The molecule has 0 aromatic heterocycles. The Morgan fingerprint density at radius 3 is 2.24 bits per heavy atom. The quantitative estimate of drug-likeness (QED) is 0.744. The Kier molecular flexibility index (Phi) is 3.98. The van der Waals surface area contributed by atoms with E-state index in [1.54, 1.807) is 14.2 Å². The third-order valence-corrected chi connectivity index (χ3v) is 5.58. The Labute approximate surface area is 128 Å². The smallest absolute Gasteiger partial charge is 0.209 e. The van der Waals surface area contributed by atoms with E-state index in [2.05, 4.69) is 18.8 Å². The molecule has 2 bridgehead atoms. The van der Waals surface area contributed by atoms with Gasteiger partial charge in [-0.15, -0.1) is 0 Å². The third kappa shape index (κ3) is 2.69. The topological polar surface area (TPSA) is 43.2 Å². The van der Waals surface area contributed by atoms with Gasteiger partial charge in [-0.2, -0.15) is 0 Å². The first-order valence-electron chi connectivity index (χ1n) is 8.25. The molecule has 4 nitrogen and oxygen atoms in total. The molecule has 2 aliphatic carbocycles. The van der Waals surface area contributed by atoms with Gasteiger partial charge in [0, 0.05) is 5.41 Å². The van der Waals surface area contributed by atoms with Gasteiger partial charge in [-0.05, 0) is 49.9 Å². The van der Waals surface area contributed by atoms with E-state index in [4.69, 9.17) is 14.5 Å². The second kappa shape index (κ2) is 5.62. The number of nitrogens with zero attached hydrogens (tertiary/aromatic N) is 2. The molecular formula is C17H28N2O2. The van der Waals surface area contributed by atoms with E-state index in [-0.39, 0.29) is 11.5 Å². The van der Waals surface area contributed by atoms with Crippen molar-refractivity contribution >= 4 is 11.8 Å². The molecule has 0 spiro atoms. The fraction of sp³-hybridized carbons (Fsp3) is 0.882. The normalized spacial score (nSPS) is 42.9. The first-order chi connectivity index (χ1) is 10.1. The number of fused-ring (bicyclic) bond motifs is 2. The highest BCUT2D eigenvalue weighted by atomic mass is 16.5. The molecule has 0 N–H and O–H groups in total. The van der Waals surface area contributed by atoms with Crippen LogP contribution in [0, 0.1) is 23.2 Å². The number of hydrogen-bond donors (Lipinski definition) is 0. The maximum absolute atomic E-state index is 5.59. The number of ether oxygens (including phenoxy) is 2. The van der Waals surface area contributed by atoms with Crippen molar-refractivity contribution in [2.24, 2.45) is 33.2 Å². The van der Waals surface area contributed by atoms with Crippen molar-refractivity contribution in [1.82, 2.24) is 0 Å². The highest BCUT2D eigenvalue weighted by Crippen LogP contribution is 2.55. The molecule has 4 heteroatoms. The van der Waals surface area contributed by atoms with E-state index in [0.29, 0.717) is 6.54 Å². The van der Waals surface area contributed by atoms with E-state index in [0.717, 1.165) is 29.5 Å². The molecule has 0 aromatic rings. The third-order valence-electron chi connectivity index (χ3n) is 5.58. The Hall–Kier alpha value is -1.06. The first-order valence-corrected chi connectivity index (χ1v) is 8.25. The van der Waals surface area contributed by atoms with Gasteiger partial charge in [-0.1, -0.05) is 13.8 Å². The maximum atomic E-state index is 5.59. The van der Waals surface area contributed by atoms with Crippen molar-refractivity contribution in [3.63, 3.8) is 0 Å². The van der Waals surface area contributed by atoms with Crippen LogP contribution in [-0.4, -0.2) is 38.6 Å². The Balaban J connectivity index is 1.95. The lowest BCUT2D eigenvalue weighted by molar-refractivity contribution is 0.00840. The summed E-state index contributed by atoms with van der Waals surface area (Å²) < 4.78 is 11.0. The lowest BCUT2D eigenvalue weighted by Gasteiger charge is -2.52. The second-order valence-electron chi connectivity index (χ2n) is 7.51. The van der Waals surface area contributed by atoms with E-state index < -0.39 is 0 Å². The number of hydrogen-bond acceptors (Lipinski definition) is 4. The van der Waals surface area contributed by atoms with Gasteiger partial charge >= 0.3 is 0 Å². The zero-order valence-corrected chi connectivity index (χ0v) is 13.8. The predicted octanol–water partition coefficient (Wildman–Crippen LogP) is 3.31. The van der Waals surface area contributed by atoms with Crippen molar-refractivity contribution in [1.29, 1.82) is 0 Å². The molecular weight excluding hydrogens is 264 g/mol. The van der Waals surface area contributed by atoms with E-state index >= 15 is 0 Å². The minimum Gasteiger partial charge on any atom is -0.483 e. The first kappa shape index (κ1) is 14.9. The molecule has 0 radical (unpaired) electrons. The summed E-state index contributed by atoms with van der Waals surface area (Å²) in [5.74, 6) is 3.97. The number of rotatable bonds is 1. The summed E-state index contributed by atoms with van der Waals surface area (Å²) in [6, 6.07) is 0.0548. The summed E-state index contributed by atoms with van der Waals surface area (Å²) in [5.41, 5.74) is 0.221. The van der Waals surface area contributed by atoms with Gasteiger partial charge in [0.1, 0.15) is 12.6 Å². The van der Waals surface area contributed by atoms with Gasteiger partial charge in [-0.25, -0.2) is 9.98 Å². The minimum atomic E-state index is 0.0548. The van der Waals surface area contributed by atoms with E-state index in [1.807, 2.05) is 0 Å². The zero-order chi connectivity index (χ0) is 15.0. The second-order valence-corrected chi connectivity index (χ2v) is 7.51. The van der Waals surface area contributed by atoms with Crippen LogP contribution in [0.3, 0.4) is 0 Å². The largest absolute Gasteiger partial charge is 0.483 e. The maximum Gasteiger partial charge on any atom is 0.209 e. The van der Waals surface area contributed by atoms with Crippen LogP contribution in [0.25, 0.3) is 0 Å². The highest BCUT2D eigenvalue weighted by molar-refractivity contribution is 5.92. The highest BCUT2D eigenvalue weighted by Gasteiger charge is 2.51.